The van der Waals surface area contributed by atoms with Crippen molar-refractivity contribution in [3.05, 3.63) is 29.8 Å². The van der Waals surface area contributed by atoms with Gasteiger partial charge in [0, 0.05) is 39.1 Å². The Balaban J connectivity index is 1.37. The average Bonchev–Trinajstić information content (AvgIpc) is 3.05. The van der Waals surface area contributed by atoms with Crippen LogP contribution in [0.25, 0.3) is 0 Å². The molecule has 6 nitrogen and oxygen atoms in total. The lowest BCUT2D eigenvalue weighted by Gasteiger charge is -2.34. The quantitative estimate of drug-likeness (QED) is 0.568. The molecule has 0 aromatic heterocycles. The van der Waals surface area contributed by atoms with Crippen LogP contribution in [0.4, 0.5) is 0 Å². The molecule has 1 amide bonds. The highest BCUT2D eigenvalue weighted by atomic mass is 32.2. The minimum absolute atomic E-state index is 0.0617. The predicted octanol–water partition coefficient (Wildman–Crippen LogP) is 3.67. The van der Waals surface area contributed by atoms with Crippen molar-refractivity contribution >= 4 is 15.9 Å². The summed E-state index contributed by atoms with van der Waals surface area (Å²) in [6.07, 6.45) is 7.42. The molecule has 0 aliphatic carbocycles. The highest BCUT2D eigenvalue weighted by molar-refractivity contribution is 7.89. The van der Waals surface area contributed by atoms with E-state index in [0.717, 1.165) is 56.0 Å². The van der Waals surface area contributed by atoms with Gasteiger partial charge < -0.3 is 10.2 Å². The Hall–Kier alpha value is -1.44. The highest BCUT2D eigenvalue weighted by Crippen LogP contribution is 2.22. The Morgan fingerprint density at radius 3 is 2.25 bits per heavy atom. The predicted molar refractivity (Wildman–Crippen MR) is 129 cm³/mol. The van der Waals surface area contributed by atoms with Gasteiger partial charge in [-0.2, -0.15) is 4.31 Å². The topological polar surface area (TPSA) is 69.7 Å². The first-order valence-corrected chi connectivity index (χ1v) is 13.9. The van der Waals surface area contributed by atoms with Crippen LogP contribution in [0.5, 0.6) is 0 Å². The third-order valence-electron chi connectivity index (χ3n) is 6.68. The molecule has 0 saturated carbocycles. The molecule has 2 aliphatic rings. The third kappa shape index (κ3) is 7.56. The van der Waals surface area contributed by atoms with Crippen molar-refractivity contribution in [3.63, 3.8) is 0 Å². The van der Waals surface area contributed by atoms with Crippen LogP contribution >= 0.6 is 0 Å². The molecule has 2 fully saturated rings. The van der Waals surface area contributed by atoms with Gasteiger partial charge in [0.25, 0.3) is 0 Å². The molecule has 1 aromatic carbocycles. The summed E-state index contributed by atoms with van der Waals surface area (Å²) in [6, 6.07) is 7.06. The number of aryl methyl sites for hydroxylation is 1. The minimum Gasteiger partial charge on any atom is -0.356 e. The molecule has 1 aromatic rings. The van der Waals surface area contributed by atoms with E-state index in [1.807, 2.05) is 12.1 Å². The van der Waals surface area contributed by atoms with Crippen molar-refractivity contribution in [3.8, 4) is 0 Å². The van der Waals surface area contributed by atoms with E-state index >= 15 is 0 Å². The Bertz CT molecular complexity index is 807. The lowest BCUT2D eigenvalue weighted by molar-refractivity contribution is -0.121. The number of hydrogen-bond acceptors (Lipinski definition) is 4. The molecule has 2 heterocycles. The molecule has 32 heavy (non-hydrogen) atoms. The molecule has 2 unspecified atom stereocenters. The van der Waals surface area contributed by atoms with Gasteiger partial charge in [-0.1, -0.05) is 38.8 Å². The number of sulfonamides is 1. The second-order valence-corrected chi connectivity index (χ2v) is 11.8. The minimum atomic E-state index is -3.41. The summed E-state index contributed by atoms with van der Waals surface area (Å²) < 4.78 is 27.4. The van der Waals surface area contributed by atoms with E-state index in [1.54, 1.807) is 16.4 Å². The summed E-state index contributed by atoms with van der Waals surface area (Å²) in [4.78, 5) is 15.1. The maximum absolute atomic E-state index is 12.9. The summed E-state index contributed by atoms with van der Waals surface area (Å²) in [7, 11) is -3.41. The molecule has 3 rings (SSSR count). The fraction of sp³-hybridized carbons (Fsp3) is 0.720. The molecule has 2 atom stereocenters. The zero-order chi connectivity index (χ0) is 23.0. The fourth-order valence-corrected chi connectivity index (χ4v) is 6.63. The first-order chi connectivity index (χ1) is 15.3. The van der Waals surface area contributed by atoms with E-state index in [2.05, 4.69) is 24.1 Å². The SMILES string of the molecule is CC1CC(C)CN(CCCNC(=O)CCc2ccc(S(=O)(=O)N3CCCCCC3)cc2)C1. The summed E-state index contributed by atoms with van der Waals surface area (Å²) in [5, 5.41) is 3.03. The van der Waals surface area contributed by atoms with Gasteiger partial charge >= 0.3 is 0 Å². The molecule has 2 saturated heterocycles. The summed E-state index contributed by atoms with van der Waals surface area (Å²) in [5.41, 5.74) is 0.992. The number of nitrogens with one attached hydrogen (secondary N) is 1. The van der Waals surface area contributed by atoms with Gasteiger partial charge in [-0.25, -0.2) is 8.42 Å². The van der Waals surface area contributed by atoms with Gasteiger partial charge in [-0.05, 0) is 68.2 Å². The van der Waals surface area contributed by atoms with Gasteiger partial charge in [0.15, 0.2) is 0 Å². The summed E-state index contributed by atoms with van der Waals surface area (Å²) >= 11 is 0. The number of benzene rings is 1. The number of carbonyl (C=O) groups excluding carboxylic acids is 1. The largest absolute Gasteiger partial charge is 0.356 e. The third-order valence-corrected chi connectivity index (χ3v) is 8.60. The maximum atomic E-state index is 12.9. The second-order valence-electron chi connectivity index (χ2n) is 9.87. The van der Waals surface area contributed by atoms with Gasteiger partial charge in [-0.3, -0.25) is 4.79 Å². The second kappa shape index (κ2) is 12.1. The first-order valence-electron chi connectivity index (χ1n) is 12.4. The van der Waals surface area contributed by atoms with Crippen molar-refractivity contribution in [2.45, 2.75) is 70.1 Å². The smallest absolute Gasteiger partial charge is 0.243 e. The van der Waals surface area contributed by atoms with Crippen LogP contribution in [0.1, 0.15) is 64.4 Å². The number of amides is 1. The van der Waals surface area contributed by atoms with Crippen LogP contribution in [0, 0.1) is 11.8 Å². The van der Waals surface area contributed by atoms with E-state index in [1.165, 1.54) is 19.5 Å². The number of piperidine rings is 1. The van der Waals surface area contributed by atoms with E-state index in [0.29, 0.717) is 37.4 Å². The lowest BCUT2D eigenvalue weighted by atomic mass is 9.92. The zero-order valence-corrected chi connectivity index (χ0v) is 20.7. The normalized spacial score (nSPS) is 23.6. The van der Waals surface area contributed by atoms with Crippen LogP contribution in [0.15, 0.2) is 29.2 Å². The number of rotatable bonds is 9. The molecular formula is C25H41N3O3S. The van der Waals surface area contributed by atoms with Gasteiger partial charge in [-0.15, -0.1) is 0 Å². The fourth-order valence-electron chi connectivity index (χ4n) is 5.11. The monoisotopic (exact) mass is 463 g/mol. The van der Waals surface area contributed by atoms with Crippen LogP contribution in [-0.2, 0) is 21.2 Å². The number of carbonyl (C=O) groups is 1. The lowest BCUT2D eigenvalue weighted by Crippen LogP contribution is -2.40. The molecular weight excluding hydrogens is 422 g/mol. The van der Waals surface area contributed by atoms with E-state index < -0.39 is 10.0 Å². The number of likely N-dealkylation sites (tertiary alicyclic amines) is 1. The van der Waals surface area contributed by atoms with Crippen molar-refractivity contribution in [2.75, 3.05) is 39.3 Å². The standard InChI is InChI=1S/C25H41N3O3S/c1-21-18-22(2)20-27(19-21)15-7-14-26-25(29)13-10-23-8-11-24(12-9-23)32(30,31)28-16-5-3-4-6-17-28/h8-9,11-12,21-22H,3-7,10,13-20H2,1-2H3,(H,26,29). The van der Waals surface area contributed by atoms with Crippen LogP contribution in [0.3, 0.4) is 0 Å². The maximum Gasteiger partial charge on any atom is 0.243 e. The van der Waals surface area contributed by atoms with E-state index in [-0.39, 0.29) is 5.91 Å². The molecule has 7 heteroatoms. The van der Waals surface area contributed by atoms with Crippen LogP contribution < -0.4 is 5.32 Å². The van der Waals surface area contributed by atoms with Gasteiger partial charge in [0.1, 0.15) is 0 Å². The molecule has 1 N–H and O–H groups in total. The molecule has 0 spiro atoms. The highest BCUT2D eigenvalue weighted by Gasteiger charge is 2.25. The van der Waals surface area contributed by atoms with Crippen molar-refractivity contribution in [2.24, 2.45) is 11.8 Å². The van der Waals surface area contributed by atoms with Gasteiger partial charge in [0.2, 0.25) is 15.9 Å². The van der Waals surface area contributed by atoms with Crippen molar-refractivity contribution < 1.29 is 13.2 Å². The first kappa shape index (κ1) is 25.2. The van der Waals surface area contributed by atoms with Crippen LogP contribution in [0.2, 0.25) is 0 Å². The Kier molecular flexibility index (Phi) is 9.56. The molecule has 180 valence electrons. The van der Waals surface area contributed by atoms with E-state index in [4.69, 9.17) is 0 Å². The van der Waals surface area contributed by atoms with Gasteiger partial charge in [0.05, 0.1) is 4.90 Å². The number of nitrogens with zero attached hydrogens (tertiary/aromatic N) is 2. The van der Waals surface area contributed by atoms with Crippen molar-refractivity contribution in [1.82, 2.24) is 14.5 Å². The molecule has 2 aliphatic heterocycles. The Morgan fingerprint density at radius 1 is 1.00 bits per heavy atom. The average molecular weight is 464 g/mol. The zero-order valence-electron chi connectivity index (χ0n) is 19.9. The van der Waals surface area contributed by atoms with Crippen molar-refractivity contribution in [1.29, 1.82) is 0 Å². The van der Waals surface area contributed by atoms with E-state index in [9.17, 15) is 13.2 Å². The molecule has 0 bridgehead atoms. The molecule has 0 radical (unpaired) electrons. The summed E-state index contributed by atoms with van der Waals surface area (Å²) in [5.74, 6) is 1.59. The number of hydrogen-bond donors (Lipinski definition) is 1. The Labute approximate surface area is 194 Å². The van der Waals surface area contributed by atoms with Crippen LogP contribution in [-0.4, -0.2) is 62.8 Å². The summed E-state index contributed by atoms with van der Waals surface area (Å²) in [6.45, 7) is 9.96. The Morgan fingerprint density at radius 2 is 1.62 bits per heavy atom.